The molecular formula is C16H20N2OS. The van der Waals surface area contributed by atoms with Crippen molar-refractivity contribution in [1.29, 1.82) is 0 Å². The minimum atomic E-state index is -0.382. The molecule has 1 heterocycles. The Morgan fingerprint density at radius 1 is 1.25 bits per heavy atom. The van der Waals surface area contributed by atoms with Crippen molar-refractivity contribution in [3.05, 3.63) is 57.3 Å². The minimum absolute atomic E-state index is 0.379. The van der Waals surface area contributed by atoms with Crippen LogP contribution in [0, 0.1) is 6.92 Å². The first-order valence-electron chi connectivity index (χ1n) is 6.62. The molecule has 2 aromatic rings. The van der Waals surface area contributed by atoms with E-state index in [-0.39, 0.29) is 5.91 Å². The van der Waals surface area contributed by atoms with Crippen LogP contribution in [0.25, 0.3) is 0 Å². The molecule has 1 amide bonds. The van der Waals surface area contributed by atoms with Gasteiger partial charge in [0.05, 0.1) is 0 Å². The Morgan fingerprint density at radius 3 is 2.40 bits per heavy atom. The van der Waals surface area contributed by atoms with Crippen LogP contribution in [0.3, 0.4) is 0 Å². The molecule has 106 valence electrons. The molecule has 3 nitrogen and oxygen atoms in total. The van der Waals surface area contributed by atoms with Crippen molar-refractivity contribution in [3.8, 4) is 0 Å². The topological polar surface area (TPSA) is 46.3 Å². The SMILES string of the molecule is Cc1ccc([C@H](C)N(C)Cc2ccc(C(N)=O)cc2)s1. The lowest BCUT2D eigenvalue weighted by Gasteiger charge is -2.24. The number of carbonyl (C=O) groups is 1. The van der Waals surface area contributed by atoms with E-state index in [4.69, 9.17) is 5.73 Å². The first kappa shape index (κ1) is 14.8. The van der Waals surface area contributed by atoms with E-state index in [1.54, 1.807) is 12.1 Å². The van der Waals surface area contributed by atoms with E-state index in [1.807, 2.05) is 23.5 Å². The summed E-state index contributed by atoms with van der Waals surface area (Å²) < 4.78 is 0. The van der Waals surface area contributed by atoms with Crippen LogP contribution in [0.15, 0.2) is 36.4 Å². The van der Waals surface area contributed by atoms with Gasteiger partial charge in [-0.15, -0.1) is 11.3 Å². The summed E-state index contributed by atoms with van der Waals surface area (Å²) in [5.41, 5.74) is 6.98. The molecule has 0 fully saturated rings. The third-order valence-corrected chi connectivity index (χ3v) is 4.68. The Kier molecular flexibility index (Phi) is 4.57. The molecule has 0 saturated heterocycles. The van der Waals surface area contributed by atoms with Gasteiger partial charge < -0.3 is 5.73 Å². The van der Waals surface area contributed by atoms with Crippen molar-refractivity contribution < 1.29 is 4.79 Å². The fourth-order valence-corrected chi connectivity index (χ4v) is 3.09. The Hall–Kier alpha value is -1.65. The quantitative estimate of drug-likeness (QED) is 0.917. The second kappa shape index (κ2) is 6.20. The molecule has 2 rings (SSSR count). The van der Waals surface area contributed by atoms with Crippen molar-refractivity contribution in [1.82, 2.24) is 4.90 Å². The van der Waals surface area contributed by atoms with Crippen LogP contribution in [0.1, 0.15) is 38.6 Å². The van der Waals surface area contributed by atoms with E-state index in [9.17, 15) is 4.79 Å². The average Bonchev–Trinajstić information content (AvgIpc) is 2.85. The largest absolute Gasteiger partial charge is 0.366 e. The van der Waals surface area contributed by atoms with Crippen LogP contribution < -0.4 is 5.73 Å². The van der Waals surface area contributed by atoms with E-state index in [2.05, 4.69) is 37.9 Å². The molecule has 0 unspecified atom stereocenters. The molecule has 1 aromatic carbocycles. The van der Waals surface area contributed by atoms with Gasteiger partial charge in [-0.2, -0.15) is 0 Å². The summed E-state index contributed by atoms with van der Waals surface area (Å²) in [5, 5.41) is 0. The third-order valence-electron chi connectivity index (χ3n) is 3.50. The molecule has 0 aliphatic rings. The van der Waals surface area contributed by atoms with E-state index >= 15 is 0 Å². The van der Waals surface area contributed by atoms with Gasteiger partial charge in [0, 0.05) is 27.9 Å². The van der Waals surface area contributed by atoms with E-state index in [0.29, 0.717) is 11.6 Å². The maximum absolute atomic E-state index is 11.0. The highest BCUT2D eigenvalue weighted by Crippen LogP contribution is 2.27. The van der Waals surface area contributed by atoms with Crippen LogP contribution in [-0.2, 0) is 6.54 Å². The summed E-state index contributed by atoms with van der Waals surface area (Å²) in [5.74, 6) is -0.382. The molecule has 0 aliphatic carbocycles. The highest BCUT2D eigenvalue weighted by Gasteiger charge is 2.13. The molecule has 4 heteroatoms. The fourth-order valence-electron chi connectivity index (χ4n) is 2.09. The first-order valence-corrected chi connectivity index (χ1v) is 7.44. The third kappa shape index (κ3) is 3.46. The predicted molar refractivity (Wildman–Crippen MR) is 83.9 cm³/mol. The molecule has 2 N–H and O–H groups in total. The maximum atomic E-state index is 11.0. The summed E-state index contributed by atoms with van der Waals surface area (Å²) in [6.45, 7) is 5.18. The van der Waals surface area contributed by atoms with Gasteiger partial charge in [0.2, 0.25) is 5.91 Å². The van der Waals surface area contributed by atoms with Crippen LogP contribution in [0.4, 0.5) is 0 Å². The van der Waals surface area contributed by atoms with Crippen molar-refractivity contribution in [2.75, 3.05) is 7.05 Å². The molecule has 0 radical (unpaired) electrons. The molecular weight excluding hydrogens is 268 g/mol. The second-order valence-corrected chi connectivity index (χ2v) is 6.42. The molecule has 1 atom stereocenters. The Bertz CT molecular complexity index is 589. The van der Waals surface area contributed by atoms with Crippen molar-refractivity contribution in [3.63, 3.8) is 0 Å². The van der Waals surface area contributed by atoms with Gasteiger partial charge in [0.15, 0.2) is 0 Å². The fraction of sp³-hybridized carbons (Fsp3) is 0.312. The predicted octanol–water partition coefficient (Wildman–Crippen LogP) is 3.35. The van der Waals surface area contributed by atoms with Crippen molar-refractivity contribution in [2.45, 2.75) is 26.4 Å². The van der Waals surface area contributed by atoms with Gasteiger partial charge >= 0.3 is 0 Å². The highest BCUT2D eigenvalue weighted by atomic mass is 32.1. The number of aryl methyl sites for hydroxylation is 1. The zero-order valence-corrected chi connectivity index (χ0v) is 12.9. The monoisotopic (exact) mass is 288 g/mol. The Labute approximate surface area is 124 Å². The number of primary amides is 1. The number of nitrogens with zero attached hydrogens (tertiary/aromatic N) is 1. The Balaban J connectivity index is 2.03. The smallest absolute Gasteiger partial charge is 0.248 e. The van der Waals surface area contributed by atoms with Crippen LogP contribution in [-0.4, -0.2) is 17.9 Å². The standard InChI is InChI=1S/C16H20N2OS/c1-11-4-9-15(20-11)12(2)18(3)10-13-5-7-14(8-6-13)16(17)19/h4-9,12H,10H2,1-3H3,(H2,17,19)/t12-/m0/s1. The zero-order valence-electron chi connectivity index (χ0n) is 12.1. The summed E-state index contributed by atoms with van der Waals surface area (Å²) >= 11 is 1.84. The van der Waals surface area contributed by atoms with Gasteiger partial charge in [0.25, 0.3) is 0 Å². The van der Waals surface area contributed by atoms with Crippen LogP contribution in [0.2, 0.25) is 0 Å². The molecule has 1 aromatic heterocycles. The summed E-state index contributed by atoms with van der Waals surface area (Å²) in [6, 6.07) is 12.2. The number of nitrogens with two attached hydrogens (primary N) is 1. The minimum Gasteiger partial charge on any atom is -0.366 e. The maximum Gasteiger partial charge on any atom is 0.248 e. The molecule has 0 bridgehead atoms. The number of carbonyl (C=O) groups excluding carboxylic acids is 1. The molecule has 0 spiro atoms. The number of amides is 1. The lowest BCUT2D eigenvalue weighted by molar-refractivity contribution is 0.100. The highest BCUT2D eigenvalue weighted by molar-refractivity contribution is 7.12. The number of thiophene rings is 1. The second-order valence-electron chi connectivity index (χ2n) is 5.10. The van der Waals surface area contributed by atoms with Crippen LogP contribution in [0.5, 0.6) is 0 Å². The lowest BCUT2D eigenvalue weighted by Crippen LogP contribution is -2.21. The summed E-state index contributed by atoms with van der Waals surface area (Å²) in [4.78, 5) is 16.1. The molecule has 0 aliphatic heterocycles. The van der Waals surface area contributed by atoms with Crippen molar-refractivity contribution >= 4 is 17.2 Å². The van der Waals surface area contributed by atoms with Gasteiger partial charge in [-0.25, -0.2) is 0 Å². The van der Waals surface area contributed by atoms with E-state index in [0.717, 1.165) is 6.54 Å². The van der Waals surface area contributed by atoms with Gasteiger partial charge in [-0.1, -0.05) is 12.1 Å². The van der Waals surface area contributed by atoms with Gasteiger partial charge in [0.1, 0.15) is 0 Å². The number of hydrogen-bond acceptors (Lipinski definition) is 3. The normalized spacial score (nSPS) is 12.6. The number of hydrogen-bond donors (Lipinski definition) is 1. The summed E-state index contributed by atoms with van der Waals surface area (Å²) in [6.07, 6.45) is 0. The lowest BCUT2D eigenvalue weighted by atomic mass is 10.1. The molecule has 0 saturated carbocycles. The summed E-state index contributed by atoms with van der Waals surface area (Å²) in [7, 11) is 2.11. The molecule has 20 heavy (non-hydrogen) atoms. The van der Waals surface area contributed by atoms with E-state index in [1.165, 1.54) is 15.3 Å². The zero-order chi connectivity index (χ0) is 14.7. The van der Waals surface area contributed by atoms with E-state index < -0.39 is 0 Å². The Morgan fingerprint density at radius 2 is 1.90 bits per heavy atom. The average molecular weight is 288 g/mol. The number of benzene rings is 1. The first-order chi connectivity index (χ1) is 9.47. The van der Waals surface area contributed by atoms with Crippen LogP contribution >= 0.6 is 11.3 Å². The van der Waals surface area contributed by atoms with Gasteiger partial charge in [-0.05, 0) is 50.7 Å². The van der Waals surface area contributed by atoms with Gasteiger partial charge in [-0.3, -0.25) is 9.69 Å². The number of rotatable bonds is 5. The van der Waals surface area contributed by atoms with Crippen molar-refractivity contribution in [2.24, 2.45) is 5.73 Å².